The van der Waals surface area contributed by atoms with Gasteiger partial charge in [0.1, 0.15) is 12.4 Å². The fraction of sp³-hybridized carbons (Fsp3) is 0.533. The lowest BCUT2D eigenvalue weighted by Gasteiger charge is -2.23. The molecule has 2 N–H and O–H groups in total. The van der Waals surface area contributed by atoms with Crippen LogP contribution in [-0.4, -0.2) is 31.6 Å². The van der Waals surface area contributed by atoms with Gasteiger partial charge in [-0.3, -0.25) is 4.79 Å². The third-order valence-electron chi connectivity index (χ3n) is 2.96. The number of rotatable bonds is 8. The summed E-state index contributed by atoms with van der Waals surface area (Å²) in [6.45, 7) is 4.68. The van der Waals surface area contributed by atoms with Crippen LogP contribution in [0.2, 0.25) is 0 Å². The average molecular weight is 265 g/mol. The highest BCUT2D eigenvalue weighted by molar-refractivity contribution is 6.04. The number of ketones is 1. The minimum absolute atomic E-state index is 0.0811. The molecule has 0 aliphatic rings. The van der Waals surface area contributed by atoms with E-state index in [1.165, 1.54) is 0 Å². The summed E-state index contributed by atoms with van der Waals surface area (Å²) in [4.78, 5) is 12.5. The number of carbonyl (C=O) groups is 1. The van der Waals surface area contributed by atoms with E-state index in [0.717, 1.165) is 6.42 Å². The largest absolute Gasteiger partial charge is 0.490 e. The maximum atomic E-state index is 12.5. The minimum atomic E-state index is -0.852. The Balaban J connectivity index is 2.90. The van der Waals surface area contributed by atoms with Gasteiger partial charge in [0.25, 0.3) is 0 Å². The van der Waals surface area contributed by atoms with Gasteiger partial charge < -0.3 is 15.2 Å². The number of ether oxygens (including phenoxy) is 2. The number of nitrogens with two attached hydrogens (primary N) is 1. The summed E-state index contributed by atoms with van der Waals surface area (Å²) in [6.07, 6.45) is 1.52. The molecule has 0 saturated heterocycles. The van der Waals surface area contributed by atoms with Gasteiger partial charge in [-0.15, -0.1) is 0 Å². The number of hydrogen-bond acceptors (Lipinski definition) is 4. The normalized spacial score (nSPS) is 13.9. The smallest absolute Gasteiger partial charge is 0.186 e. The number of carbonyl (C=O) groups excluding carboxylic acids is 1. The van der Waals surface area contributed by atoms with Crippen LogP contribution >= 0.6 is 0 Å². The maximum absolute atomic E-state index is 12.5. The molecule has 0 heterocycles. The van der Waals surface area contributed by atoms with Gasteiger partial charge in [0.15, 0.2) is 5.78 Å². The van der Waals surface area contributed by atoms with E-state index in [1.54, 1.807) is 26.2 Å². The zero-order chi connectivity index (χ0) is 14.3. The van der Waals surface area contributed by atoms with E-state index >= 15 is 0 Å². The molecular weight excluding hydrogens is 242 g/mol. The Labute approximate surface area is 114 Å². The van der Waals surface area contributed by atoms with Crippen LogP contribution in [0, 0.1) is 0 Å². The van der Waals surface area contributed by atoms with Crippen LogP contribution in [0.15, 0.2) is 24.3 Å². The van der Waals surface area contributed by atoms with Crippen LogP contribution in [0.5, 0.6) is 5.75 Å². The summed E-state index contributed by atoms with van der Waals surface area (Å²) < 4.78 is 10.5. The van der Waals surface area contributed by atoms with Crippen molar-refractivity contribution < 1.29 is 14.3 Å². The van der Waals surface area contributed by atoms with Crippen LogP contribution < -0.4 is 10.5 Å². The second-order valence-corrected chi connectivity index (χ2v) is 4.83. The molecular formula is C15H23NO3. The van der Waals surface area contributed by atoms with Crippen molar-refractivity contribution in [2.24, 2.45) is 5.73 Å². The third kappa shape index (κ3) is 4.33. The van der Waals surface area contributed by atoms with Crippen molar-refractivity contribution in [2.75, 3.05) is 20.3 Å². The average Bonchev–Trinajstić information content (AvgIpc) is 2.39. The third-order valence-corrected chi connectivity index (χ3v) is 2.96. The summed E-state index contributed by atoms with van der Waals surface area (Å²) in [5, 5.41) is 0. The van der Waals surface area contributed by atoms with Crippen molar-refractivity contribution in [3.8, 4) is 5.75 Å². The Morgan fingerprint density at radius 2 is 2.00 bits per heavy atom. The Morgan fingerprint density at radius 3 is 2.63 bits per heavy atom. The lowest BCUT2D eigenvalue weighted by Crippen LogP contribution is -2.44. The van der Waals surface area contributed by atoms with Crippen molar-refractivity contribution in [1.82, 2.24) is 0 Å². The summed E-state index contributed by atoms with van der Waals surface area (Å²) in [6, 6.07) is 7.20. The molecule has 0 aromatic heterocycles. The van der Waals surface area contributed by atoms with Crippen LogP contribution in [-0.2, 0) is 4.74 Å². The highest BCUT2D eigenvalue weighted by Gasteiger charge is 2.30. The predicted octanol–water partition coefficient (Wildman–Crippen LogP) is 2.41. The van der Waals surface area contributed by atoms with Crippen molar-refractivity contribution in [3.05, 3.63) is 29.8 Å². The van der Waals surface area contributed by atoms with Gasteiger partial charge in [-0.2, -0.15) is 0 Å². The first kappa shape index (κ1) is 15.7. The van der Waals surface area contributed by atoms with Gasteiger partial charge in [0.05, 0.1) is 17.7 Å². The van der Waals surface area contributed by atoms with Crippen LogP contribution in [0.1, 0.15) is 37.0 Å². The standard InChI is InChI=1S/C15H23NO3/c1-4-9-15(2,16)14(17)12-7-5-6-8-13(12)19-11-10-18-3/h5-8H,4,9-11,16H2,1-3H3. The zero-order valence-corrected chi connectivity index (χ0v) is 11.9. The van der Waals surface area contributed by atoms with E-state index < -0.39 is 5.54 Å². The van der Waals surface area contributed by atoms with Gasteiger partial charge in [-0.1, -0.05) is 25.5 Å². The monoisotopic (exact) mass is 265 g/mol. The topological polar surface area (TPSA) is 61.6 Å². The van der Waals surface area contributed by atoms with Crippen molar-refractivity contribution in [2.45, 2.75) is 32.2 Å². The van der Waals surface area contributed by atoms with Crippen LogP contribution in [0.4, 0.5) is 0 Å². The molecule has 4 nitrogen and oxygen atoms in total. The first-order chi connectivity index (χ1) is 9.03. The van der Waals surface area contributed by atoms with Gasteiger partial charge in [-0.05, 0) is 25.5 Å². The molecule has 4 heteroatoms. The second kappa shape index (κ2) is 7.26. The second-order valence-electron chi connectivity index (χ2n) is 4.83. The van der Waals surface area contributed by atoms with Gasteiger partial charge in [-0.25, -0.2) is 0 Å². The summed E-state index contributed by atoms with van der Waals surface area (Å²) in [7, 11) is 1.61. The summed E-state index contributed by atoms with van der Waals surface area (Å²) in [5.74, 6) is 0.486. The van der Waals surface area contributed by atoms with E-state index in [0.29, 0.717) is 30.9 Å². The molecule has 0 bridgehead atoms. The molecule has 0 fully saturated rings. The SMILES string of the molecule is CCCC(C)(N)C(=O)c1ccccc1OCCOC. The van der Waals surface area contributed by atoms with Gasteiger partial charge in [0, 0.05) is 7.11 Å². The van der Waals surface area contributed by atoms with E-state index in [-0.39, 0.29) is 5.78 Å². The molecule has 0 aliphatic carbocycles. The minimum Gasteiger partial charge on any atom is -0.490 e. The number of methoxy groups -OCH3 is 1. The fourth-order valence-electron chi connectivity index (χ4n) is 1.96. The molecule has 0 aliphatic heterocycles. The highest BCUT2D eigenvalue weighted by Crippen LogP contribution is 2.24. The van der Waals surface area contributed by atoms with Crippen molar-refractivity contribution >= 4 is 5.78 Å². The molecule has 1 atom stereocenters. The quantitative estimate of drug-likeness (QED) is 0.579. The number of hydrogen-bond donors (Lipinski definition) is 1. The van der Waals surface area contributed by atoms with Crippen molar-refractivity contribution in [1.29, 1.82) is 0 Å². The van der Waals surface area contributed by atoms with Crippen molar-refractivity contribution in [3.63, 3.8) is 0 Å². The molecule has 1 unspecified atom stereocenters. The van der Waals surface area contributed by atoms with Gasteiger partial charge in [0.2, 0.25) is 0 Å². The predicted molar refractivity (Wildman–Crippen MR) is 75.6 cm³/mol. The lowest BCUT2D eigenvalue weighted by molar-refractivity contribution is 0.0885. The lowest BCUT2D eigenvalue weighted by atomic mass is 9.88. The Hall–Kier alpha value is -1.39. The maximum Gasteiger partial charge on any atom is 0.186 e. The molecule has 106 valence electrons. The van der Waals surface area contributed by atoms with Gasteiger partial charge >= 0.3 is 0 Å². The van der Waals surface area contributed by atoms with E-state index in [2.05, 4.69) is 0 Å². The molecule has 0 radical (unpaired) electrons. The first-order valence-corrected chi connectivity index (χ1v) is 6.57. The molecule has 1 aromatic carbocycles. The molecule has 0 saturated carbocycles. The summed E-state index contributed by atoms with van der Waals surface area (Å²) in [5.41, 5.74) is 5.78. The zero-order valence-electron chi connectivity index (χ0n) is 11.9. The molecule has 1 aromatic rings. The van der Waals surface area contributed by atoms with E-state index in [4.69, 9.17) is 15.2 Å². The molecule has 1 rings (SSSR count). The fourth-order valence-corrected chi connectivity index (χ4v) is 1.96. The first-order valence-electron chi connectivity index (χ1n) is 6.57. The Morgan fingerprint density at radius 1 is 1.32 bits per heavy atom. The highest BCUT2D eigenvalue weighted by atomic mass is 16.5. The van der Waals surface area contributed by atoms with Crippen LogP contribution in [0.25, 0.3) is 0 Å². The number of benzene rings is 1. The number of para-hydroxylation sites is 1. The molecule has 0 amide bonds. The van der Waals surface area contributed by atoms with E-state index in [1.807, 2.05) is 19.1 Å². The summed E-state index contributed by atoms with van der Waals surface area (Å²) >= 11 is 0. The Bertz CT molecular complexity index is 416. The Kier molecular flexibility index (Phi) is 5.99. The molecule has 19 heavy (non-hydrogen) atoms. The number of Topliss-reactive ketones (excluding diaryl/α,β-unsaturated/α-hetero) is 1. The van der Waals surface area contributed by atoms with Crippen LogP contribution in [0.3, 0.4) is 0 Å². The van der Waals surface area contributed by atoms with E-state index in [9.17, 15) is 4.79 Å². The molecule has 0 spiro atoms.